The van der Waals surface area contributed by atoms with E-state index in [1.165, 1.54) is 130 Å². The van der Waals surface area contributed by atoms with E-state index in [0.717, 1.165) is 13.1 Å². The number of benzene rings is 3. The Morgan fingerprint density at radius 1 is 0.500 bits per heavy atom. The van der Waals surface area contributed by atoms with Crippen LogP contribution in [0.15, 0.2) is 54.6 Å². The first kappa shape index (κ1) is 26.7. The molecule has 3 aromatic rings. The monoisotopic (exact) mass is 459 g/mol. The lowest BCUT2D eigenvalue weighted by molar-refractivity contribution is 0.525. The van der Waals surface area contributed by atoms with E-state index in [0.29, 0.717) is 0 Å². The molecule has 0 unspecified atom stereocenters. The third kappa shape index (κ3) is 9.41. The first-order valence-corrected chi connectivity index (χ1v) is 14.5. The van der Waals surface area contributed by atoms with Crippen molar-refractivity contribution in [2.45, 2.75) is 116 Å². The number of fused-ring (bicyclic) bond motifs is 2. The fraction of sp³-hybridized carbons (Fsp3) is 0.576. The Morgan fingerprint density at radius 3 is 1.38 bits per heavy atom. The zero-order chi connectivity index (χ0) is 23.7. The fourth-order valence-corrected chi connectivity index (χ4v) is 5.31. The largest absolute Gasteiger partial charge is 0.313 e. The number of hydrogen-bond donors (Lipinski definition) is 1. The summed E-state index contributed by atoms with van der Waals surface area (Å²) in [5, 5.41) is 9.21. The number of rotatable bonds is 19. The molecule has 0 aliphatic carbocycles. The van der Waals surface area contributed by atoms with E-state index in [2.05, 4.69) is 66.8 Å². The van der Waals surface area contributed by atoms with E-state index in [1.54, 1.807) is 0 Å². The Kier molecular flexibility index (Phi) is 13.1. The molecular formula is C33H49N. The summed E-state index contributed by atoms with van der Waals surface area (Å²) in [5.74, 6) is 0. The second-order valence-corrected chi connectivity index (χ2v) is 10.3. The lowest BCUT2D eigenvalue weighted by Gasteiger charge is -2.12. The summed E-state index contributed by atoms with van der Waals surface area (Å²) < 4.78 is 0. The molecule has 0 aliphatic rings. The van der Waals surface area contributed by atoms with Gasteiger partial charge in [0.25, 0.3) is 0 Å². The van der Waals surface area contributed by atoms with Gasteiger partial charge in [0.15, 0.2) is 0 Å². The minimum atomic E-state index is 0.959. The van der Waals surface area contributed by atoms with Crippen molar-refractivity contribution in [3.05, 3.63) is 60.2 Å². The van der Waals surface area contributed by atoms with Gasteiger partial charge in [-0.25, -0.2) is 0 Å². The van der Waals surface area contributed by atoms with Crippen molar-refractivity contribution in [1.82, 2.24) is 5.32 Å². The van der Waals surface area contributed by atoms with E-state index in [-0.39, 0.29) is 0 Å². The van der Waals surface area contributed by atoms with Crippen molar-refractivity contribution < 1.29 is 0 Å². The van der Waals surface area contributed by atoms with Crippen molar-refractivity contribution in [2.24, 2.45) is 0 Å². The maximum atomic E-state index is 3.74. The van der Waals surface area contributed by atoms with Gasteiger partial charge in [0.05, 0.1) is 0 Å². The first-order valence-electron chi connectivity index (χ1n) is 14.5. The van der Waals surface area contributed by atoms with Crippen LogP contribution in [0, 0.1) is 0 Å². The molecule has 0 spiro atoms. The van der Waals surface area contributed by atoms with E-state index < -0.39 is 0 Å². The van der Waals surface area contributed by atoms with Crippen LogP contribution in [0.4, 0.5) is 0 Å². The molecule has 0 aliphatic heterocycles. The van der Waals surface area contributed by atoms with Crippen LogP contribution in [0.3, 0.4) is 0 Å². The normalized spacial score (nSPS) is 11.6. The van der Waals surface area contributed by atoms with Crippen LogP contribution >= 0.6 is 0 Å². The van der Waals surface area contributed by atoms with Crippen molar-refractivity contribution in [3.8, 4) is 0 Å². The van der Waals surface area contributed by atoms with Crippen LogP contribution in [0.2, 0.25) is 0 Å². The second-order valence-electron chi connectivity index (χ2n) is 10.3. The third-order valence-corrected chi connectivity index (χ3v) is 7.39. The maximum absolute atomic E-state index is 3.74. The molecule has 1 nitrogen and oxygen atoms in total. The molecule has 3 rings (SSSR count). The van der Waals surface area contributed by atoms with Crippen molar-refractivity contribution in [3.63, 3.8) is 0 Å². The Bertz CT molecular complexity index is 874. The minimum Gasteiger partial charge on any atom is -0.313 e. The molecule has 0 saturated carbocycles. The molecule has 186 valence electrons. The van der Waals surface area contributed by atoms with Gasteiger partial charge in [-0.1, -0.05) is 152 Å². The first-order chi connectivity index (χ1) is 16.9. The lowest BCUT2D eigenvalue weighted by Crippen LogP contribution is -2.15. The van der Waals surface area contributed by atoms with Crippen molar-refractivity contribution >= 4 is 21.5 Å². The predicted octanol–water partition coefficient (Wildman–Crippen LogP) is 10.3. The highest BCUT2D eigenvalue weighted by molar-refractivity contribution is 6.02. The Morgan fingerprint density at radius 2 is 0.912 bits per heavy atom. The van der Waals surface area contributed by atoms with Gasteiger partial charge < -0.3 is 5.32 Å². The molecule has 1 N–H and O–H groups in total. The predicted molar refractivity (Wildman–Crippen MR) is 153 cm³/mol. The van der Waals surface area contributed by atoms with Gasteiger partial charge in [0, 0.05) is 6.54 Å². The number of nitrogens with one attached hydrogen (secondary N) is 1. The minimum absolute atomic E-state index is 0.959. The summed E-state index contributed by atoms with van der Waals surface area (Å²) >= 11 is 0. The molecule has 1 heteroatoms. The number of unbranched alkanes of at least 4 members (excludes halogenated alkanes) is 15. The van der Waals surface area contributed by atoms with Crippen LogP contribution in [-0.4, -0.2) is 6.54 Å². The number of hydrogen-bond acceptors (Lipinski definition) is 1. The van der Waals surface area contributed by atoms with Crippen LogP contribution < -0.4 is 5.32 Å². The van der Waals surface area contributed by atoms with Crippen molar-refractivity contribution in [2.75, 3.05) is 6.54 Å². The van der Waals surface area contributed by atoms with Gasteiger partial charge in [-0.15, -0.1) is 0 Å². The SMILES string of the molecule is CCCCCCCCCCCCCCCCCCNCc1c2ccccc2cc2ccccc12. The van der Waals surface area contributed by atoms with Gasteiger partial charge >= 0.3 is 0 Å². The highest BCUT2D eigenvalue weighted by atomic mass is 14.8. The fourth-order valence-electron chi connectivity index (χ4n) is 5.31. The van der Waals surface area contributed by atoms with Crippen LogP contribution in [0.25, 0.3) is 21.5 Å². The summed E-state index contributed by atoms with van der Waals surface area (Å²) in [6.45, 7) is 4.38. The summed E-state index contributed by atoms with van der Waals surface area (Å²) in [7, 11) is 0. The van der Waals surface area contributed by atoms with E-state index in [4.69, 9.17) is 0 Å². The Balaban J connectivity index is 1.19. The zero-order valence-electron chi connectivity index (χ0n) is 21.9. The molecule has 0 heterocycles. The van der Waals surface area contributed by atoms with E-state index in [1.807, 2.05) is 0 Å². The van der Waals surface area contributed by atoms with Gasteiger partial charge in [-0.05, 0) is 46.1 Å². The van der Waals surface area contributed by atoms with Crippen LogP contribution in [0.5, 0.6) is 0 Å². The van der Waals surface area contributed by atoms with E-state index in [9.17, 15) is 0 Å². The lowest BCUT2D eigenvalue weighted by atomic mass is 9.97. The maximum Gasteiger partial charge on any atom is 0.0217 e. The average Bonchev–Trinajstić information content (AvgIpc) is 2.87. The van der Waals surface area contributed by atoms with E-state index >= 15 is 0 Å². The molecule has 34 heavy (non-hydrogen) atoms. The molecule has 0 atom stereocenters. The topological polar surface area (TPSA) is 12.0 Å². The van der Waals surface area contributed by atoms with Crippen molar-refractivity contribution in [1.29, 1.82) is 0 Å². The quantitative estimate of drug-likeness (QED) is 0.139. The Labute approximate surface area is 209 Å². The van der Waals surface area contributed by atoms with Gasteiger partial charge in [-0.3, -0.25) is 0 Å². The summed E-state index contributed by atoms with van der Waals surface area (Å²) in [6.07, 6.45) is 22.8. The summed E-state index contributed by atoms with van der Waals surface area (Å²) in [5.41, 5.74) is 1.45. The molecule has 0 saturated heterocycles. The zero-order valence-corrected chi connectivity index (χ0v) is 21.9. The highest BCUT2D eigenvalue weighted by Gasteiger charge is 2.06. The smallest absolute Gasteiger partial charge is 0.0217 e. The van der Waals surface area contributed by atoms with Gasteiger partial charge in [0.2, 0.25) is 0 Å². The highest BCUT2D eigenvalue weighted by Crippen LogP contribution is 2.28. The third-order valence-electron chi connectivity index (χ3n) is 7.39. The summed E-state index contributed by atoms with van der Waals surface area (Å²) in [6, 6.07) is 20.0. The van der Waals surface area contributed by atoms with Gasteiger partial charge in [0.1, 0.15) is 0 Å². The van der Waals surface area contributed by atoms with Crippen LogP contribution in [0.1, 0.15) is 115 Å². The average molecular weight is 460 g/mol. The molecule has 0 amide bonds. The van der Waals surface area contributed by atoms with Crippen LogP contribution in [-0.2, 0) is 6.54 Å². The molecule has 0 radical (unpaired) electrons. The standard InChI is InChI=1S/C33H49N/c1-2-3-4-5-6-7-8-9-10-11-12-13-14-15-16-21-26-34-28-33-31-24-19-17-22-29(31)27-30-23-18-20-25-32(30)33/h17-20,22-25,27,34H,2-16,21,26,28H2,1H3. The summed E-state index contributed by atoms with van der Waals surface area (Å²) in [4.78, 5) is 0. The second kappa shape index (κ2) is 16.7. The molecular weight excluding hydrogens is 410 g/mol. The van der Waals surface area contributed by atoms with Gasteiger partial charge in [-0.2, -0.15) is 0 Å². The molecule has 0 aromatic heterocycles. The molecule has 3 aromatic carbocycles. The molecule has 0 fully saturated rings. The Hall–Kier alpha value is -1.86. The molecule has 0 bridgehead atoms.